The van der Waals surface area contributed by atoms with Gasteiger partial charge in [-0.3, -0.25) is 24.0 Å². The number of carbonyl (C=O) groups is 5. The van der Waals surface area contributed by atoms with E-state index in [1.165, 1.54) is 11.0 Å². The van der Waals surface area contributed by atoms with Gasteiger partial charge in [-0.1, -0.05) is 24.6 Å². The minimum atomic E-state index is -5.20. The molecule has 5 rings (SSSR count). The van der Waals surface area contributed by atoms with E-state index < -0.39 is 59.3 Å². The van der Waals surface area contributed by atoms with Gasteiger partial charge in [-0.15, -0.1) is 6.58 Å². The largest absolute Gasteiger partial charge is 0.471 e. The number of alkyl halides is 3. The number of hydrogen-bond acceptors (Lipinski definition) is 5. The van der Waals surface area contributed by atoms with Gasteiger partial charge in [0, 0.05) is 24.4 Å². The van der Waals surface area contributed by atoms with Crippen molar-refractivity contribution in [2.24, 2.45) is 40.7 Å². The monoisotopic (exact) mass is 565 g/mol. The van der Waals surface area contributed by atoms with Crippen molar-refractivity contribution in [1.82, 2.24) is 20.9 Å². The third-order valence-electron chi connectivity index (χ3n) is 9.74. The molecule has 0 aromatic carbocycles. The Morgan fingerprint density at radius 3 is 2.45 bits per heavy atom. The van der Waals surface area contributed by atoms with Gasteiger partial charge in [0.2, 0.25) is 23.6 Å². The summed E-state index contributed by atoms with van der Waals surface area (Å²) in [4.78, 5) is 65.6. The van der Waals surface area contributed by atoms with Crippen LogP contribution >= 0.6 is 0 Å². The number of allylic oxidation sites excluding steroid dienone is 2. The lowest BCUT2D eigenvalue weighted by atomic mass is 9.63. The Labute approximate surface area is 229 Å². The number of fused-ring (bicyclic) bond motifs is 5. The van der Waals surface area contributed by atoms with Gasteiger partial charge in [0.05, 0.1) is 0 Å². The molecule has 0 spiro atoms. The van der Waals surface area contributed by atoms with Crippen LogP contribution in [0.25, 0.3) is 0 Å². The number of hydrogen-bond donors (Lipinski definition) is 4. The fraction of sp³-hybridized carbons (Fsp3) is 0.667. The summed E-state index contributed by atoms with van der Waals surface area (Å²) in [5.74, 6) is -5.55. The number of rotatable bonds is 9. The van der Waals surface area contributed by atoms with E-state index in [2.05, 4.69) is 17.2 Å². The molecule has 5 aliphatic rings. The van der Waals surface area contributed by atoms with E-state index in [1.807, 2.05) is 17.5 Å². The molecule has 8 atom stereocenters. The Bertz CT molecular complexity index is 1150. The molecule has 0 radical (unpaired) electrons. The van der Waals surface area contributed by atoms with Crippen LogP contribution in [0.1, 0.15) is 38.5 Å². The van der Waals surface area contributed by atoms with Gasteiger partial charge in [0.25, 0.3) is 0 Å². The molecule has 13 heteroatoms. The van der Waals surface area contributed by atoms with Gasteiger partial charge in [-0.05, 0) is 55.8 Å². The van der Waals surface area contributed by atoms with Gasteiger partial charge in [0.1, 0.15) is 18.1 Å². The minimum absolute atomic E-state index is 0.00251. The first-order chi connectivity index (χ1) is 18.9. The Hall–Kier alpha value is -3.38. The molecule has 10 nitrogen and oxygen atoms in total. The molecule has 218 valence electrons. The van der Waals surface area contributed by atoms with E-state index in [1.54, 1.807) is 0 Å². The second-order valence-corrected chi connectivity index (χ2v) is 11.8. The lowest BCUT2D eigenvalue weighted by Crippen LogP contribution is -2.63. The van der Waals surface area contributed by atoms with Gasteiger partial charge in [0.15, 0.2) is 0 Å². The summed E-state index contributed by atoms with van der Waals surface area (Å²) < 4.78 is 39.8. The molecule has 5 amide bonds. The summed E-state index contributed by atoms with van der Waals surface area (Å²) in [6.07, 6.45) is 2.91. The Morgan fingerprint density at radius 1 is 1.20 bits per heavy atom. The van der Waals surface area contributed by atoms with Crippen molar-refractivity contribution < 1.29 is 37.1 Å². The number of primary amides is 1. The van der Waals surface area contributed by atoms with Gasteiger partial charge in [-0.25, -0.2) is 0 Å². The topological polar surface area (TPSA) is 151 Å². The number of nitrogens with zero attached hydrogens (tertiary/aromatic N) is 1. The predicted molar refractivity (Wildman–Crippen MR) is 135 cm³/mol. The van der Waals surface area contributed by atoms with Crippen LogP contribution in [0.15, 0.2) is 24.8 Å². The number of likely N-dealkylation sites (tertiary alicyclic amines) is 1. The zero-order chi connectivity index (χ0) is 29.0. The maximum Gasteiger partial charge on any atom is 0.471 e. The van der Waals surface area contributed by atoms with Gasteiger partial charge >= 0.3 is 12.1 Å². The second kappa shape index (κ2) is 10.2. The molecule has 2 heterocycles. The molecule has 2 saturated heterocycles. The van der Waals surface area contributed by atoms with Crippen LogP contribution in [0.3, 0.4) is 0 Å². The first kappa shape index (κ1) is 28.2. The average Bonchev–Trinajstić information content (AvgIpc) is 3.64. The predicted octanol–water partition coefficient (Wildman–Crippen LogP) is 0.535. The van der Waals surface area contributed by atoms with Crippen molar-refractivity contribution in [3.8, 4) is 0 Å². The van der Waals surface area contributed by atoms with Crippen molar-refractivity contribution in [3.63, 3.8) is 0 Å². The van der Waals surface area contributed by atoms with E-state index in [-0.39, 0.29) is 42.5 Å². The zero-order valence-corrected chi connectivity index (χ0v) is 21.9. The molecule has 4 fully saturated rings. The van der Waals surface area contributed by atoms with Crippen molar-refractivity contribution in [1.29, 1.82) is 0 Å². The van der Waals surface area contributed by atoms with Crippen LogP contribution < -0.4 is 21.7 Å². The average molecular weight is 566 g/mol. The summed E-state index contributed by atoms with van der Waals surface area (Å²) >= 11 is 0. The molecule has 5 N–H and O–H groups in total. The van der Waals surface area contributed by atoms with Crippen LogP contribution in [0.2, 0.25) is 0 Å². The molecule has 2 saturated carbocycles. The first-order valence-electron chi connectivity index (χ1n) is 13.7. The van der Waals surface area contributed by atoms with E-state index in [0.717, 1.165) is 6.42 Å². The summed E-state index contributed by atoms with van der Waals surface area (Å²) in [5, 5.41) is 7.23. The van der Waals surface area contributed by atoms with E-state index >= 15 is 0 Å². The van der Waals surface area contributed by atoms with Crippen LogP contribution in [0.5, 0.6) is 0 Å². The highest BCUT2D eigenvalue weighted by atomic mass is 19.4. The molecule has 0 unspecified atom stereocenters. The van der Waals surface area contributed by atoms with E-state index in [0.29, 0.717) is 32.2 Å². The van der Waals surface area contributed by atoms with E-state index in [9.17, 15) is 37.1 Å². The molecular weight excluding hydrogens is 531 g/mol. The third-order valence-corrected chi connectivity index (χ3v) is 9.74. The highest BCUT2D eigenvalue weighted by Crippen LogP contribution is 2.55. The number of halogens is 3. The quantitative estimate of drug-likeness (QED) is 0.301. The van der Waals surface area contributed by atoms with Gasteiger partial charge in [-0.2, -0.15) is 13.2 Å². The molecule has 2 aliphatic heterocycles. The first-order valence-corrected chi connectivity index (χ1v) is 13.7. The Morgan fingerprint density at radius 2 is 1.90 bits per heavy atom. The number of nitrogens with one attached hydrogen (secondary N) is 3. The number of carbonyl (C=O) groups excluding carboxylic acids is 5. The highest BCUT2D eigenvalue weighted by molar-refractivity contribution is 5.96. The molecular formula is C27H34F3N5O5. The third kappa shape index (κ3) is 4.77. The summed E-state index contributed by atoms with van der Waals surface area (Å²) in [6, 6.07) is -3.80. The SMILES string of the molecule is C=CC1([C@H](NC(=O)C(F)(F)F)C(=O)N2C[C@H]3[C@@H]([C@H]2C(=O)N[C@@H](C[C@@H]2CCNC2=O)C(N)=O)[C@H]2C=C[C@@H]3C2)CCC1. The Balaban J connectivity index is 1.43. The summed E-state index contributed by atoms with van der Waals surface area (Å²) in [5.41, 5.74) is 4.50. The lowest BCUT2D eigenvalue weighted by molar-refractivity contribution is -0.176. The molecule has 40 heavy (non-hydrogen) atoms. The zero-order valence-electron chi connectivity index (χ0n) is 21.9. The maximum atomic E-state index is 14.1. The fourth-order valence-electron chi connectivity index (χ4n) is 7.46. The van der Waals surface area contributed by atoms with Gasteiger partial charge < -0.3 is 26.6 Å². The number of nitrogens with two attached hydrogens (primary N) is 1. The molecule has 0 aromatic heterocycles. The van der Waals surface area contributed by atoms with Crippen molar-refractivity contribution in [2.75, 3.05) is 13.1 Å². The standard InChI is InChI=1S/C27H34F3N5O5/c1-2-26(7-3-8-26)20(34-25(40)27(28,29)30)24(39)35-12-16-13-4-5-14(10-13)18(16)19(35)23(38)33-17(21(31)36)11-15-6-9-32-22(15)37/h2,4-5,13-20H,1,3,6-12H2,(H2,31,36)(H,32,37)(H,33,38)(H,34,40)/t13-,14+,15+,16-,17+,18+,19+,20-/m1/s1. The number of amides is 5. The summed E-state index contributed by atoms with van der Waals surface area (Å²) in [6.45, 7) is 4.31. The molecule has 3 aliphatic carbocycles. The van der Waals surface area contributed by atoms with Crippen molar-refractivity contribution >= 4 is 29.5 Å². The smallest absolute Gasteiger partial charge is 0.368 e. The Kier molecular flexibility index (Phi) is 7.20. The lowest BCUT2D eigenvalue weighted by Gasteiger charge is -2.46. The summed E-state index contributed by atoms with van der Waals surface area (Å²) in [7, 11) is 0. The minimum Gasteiger partial charge on any atom is -0.368 e. The van der Waals surface area contributed by atoms with Crippen LogP contribution in [0.4, 0.5) is 13.2 Å². The molecule has 0 aromatic rings. The van der Waals surface area contributed by atoms with Crippen LogP contribution in [0, 0.1) is 35.0 Å². The normalized spacial score (nSPS) is 33.0. The van der Waals surface area contributed by atoms with E-state index in [4.69, 9.17) is 5.73 Å². The van der Waals surface area contributed by atoms with Crippen LogP contribution in [-0.4, -0.2) is 71.8 Å². The fourth-order valence-corrected chi connectivity index (χ4v) is 7.46. The molecule has 2 bridgehead atoms. The maximum absolute atomic E-state index is 14.1. The van der Waals surface area contributed by atoms with Crippen molar-refractivity contribution in [3.05, 3.63) is 24.8 Å². The van der Waals surface area contributed by atoms with Crippen molar-refractivity contribution in [2.45, 2.75) is 62.8 Å². The highest BCUT2D eigenvalue weighted by Gasteiger charge is 2.60. The second-order valence-electron chi connectivity index (χ2n) is 11.8. The van der Waals surface area contributed by atoms with Crippen LogP contribution in [-0.2, 0) is 24.0 Å².